The lowest BCUT2D eigenvalue weighted by Gasteiger charge is -2.38. The highest BCUT2D eigenvalue weighted by Crippen LogP contribution is 2.18. The number of hydrogen-bond donors (Lipinski definition) is 1. The Morgan fingerprint density at radius 1 is 1.53 bits per heavy atom. The van der Waals surface area contributed by atoms with E-state index in [4.69, 9.17) is 0 Å². The molecule has 1 saturated heterocycles. The summed E-state index contributed by atoms with van der Waals surface area (Å²) < 4.78 is 0. The highest BCUT2D eigenvalue weighted by molar-refractivity contribution is 4.95. The van der Waals surface area contributed by atoms with Gasteiger partial charge in [0.2, 0.25) is 0 Å². The molecule has 2 nitrogen and oxygen atoms in total. The van der Waals surface area contributed by atoms with Gasteiger partial charge in [0, 0.05) is 25.2 Å². The van der Waals surface area contributed by atoms with E-state index >= 15 is 0 Å². The minimum atomic E-state index is 0.699. The van der Waals surface area contributed by atoms with Crippen molar-refractivity contribution in [2.45, 2.75) is 52.1 Å². The monoisotopic (exact) mass is 210 g/mol. The van der Waals surface area contributed by atoms with Crippen LogP contribution in [0.4, 0.5) is 0 Å². The second-order valence-electron chi connectivity index (χ2n) is 4.95. The number of nitrogens with zero attached hydrogens (tertiary/aromatic N) is 1. The van der Waals surface area contributed by atoms with Crippen LogP contribution in [0, 0.1) is 0 Å². The van der Waals surface area contributed by atoms with Gasteiger partial charge in [-0.1, -0.05) is 19.1 Å². The maximum absolute atomic E-state index is 3.99. The van der Waals surface area contributed by atoms with Gasteiger partial charge in [0.1, 0.15) is 0 Å². The Bertz CT molecular complexity index is 201. The molecule has 1 heterocycles. The van der Waals surface area contributed by atoms with Crippen molar-refractivity contribution < 1.29 is 0 Å². The van der Waals surface area contributed by atoms with Crippen molar-refractivity contribution in [1.82, 2.24) is 10.2 Å². The van der Waals surface area contributed by atoms with E-state index in [0.717, 1.165) is 19.1 Å². The summed E-state index contributed by atoms with van der Waals surface area (Å²) >= 11 is 0. The molecule has 1 N–H and O–H groups in total. The number of piperidine rings is 1. The molecule has 0 amide bonds. The minimum Gasteiger partial charge on any atom is -0.314 e. The Labute approximate surface area is 94.7 Å². The summed E-state index contributed by atoms with van der Waals surface area (Å²) in [6.07, 6.45) is 3.81. The van der Waals surface area contributed by atoms with Crippen LogP contribution in [0.1, 0.15) is 40.0 Å². The molecule has 0 aliphatic carbocycles. The Morgan fingerprint density at radius 2 is 2.27 bits per heavy atom. The quantitative estimate of drug-likeness (QED) is 0.701. The van der Waals surface area contributed by atoms with E-state index in [2.05, 4.69) is 37.6 Å². The van der Waals surface area contributed by atoms with Crippen LogP contribution in [0.25, 0.3) is 0 Å². The number of nitrogens with one attached hydrogen (secondary N) is 1. The summed E-state index contributed by atoms with van der Waals surface area (Å²) in [6, 6.07) is 1.44. The third-order valence-corrected chi connectivity index (χ3v) is 3.17. The summed E-state index contributed by atoms with van der Waals surface area (Å²) in [5.41, 5.74) is 1.28. The maximum Gasteiger partial charge on any atom is 0.0190 e. The van der Waals surface area contributed by atoms with Gasteiger partial charge < -0.3 is 5.32 Å². The molecule has 0 spiro atoms. The first-order chi connectivity index (χ1) is 7.13. The normalized spacial score (nSPS) is 27.9. The lowest BCUT2D eigenvalue weighted by molar-refractivity contribution is 0.148. The molecule has 2 atom stereocenters. The predicted molar refractivity (Wildman–Crippen MR) is 67.2 cm³/mol. The third-order valence-electron chi connectivity index (χ3n) is 3.17. The number of rotatable bonds is 5. The molecule has 88 valence electrons. The Kier molecular flexibility index (Phi) is 5.34. The topological polar surface area (TPSA) is 15.3 Å². The van der Waals surface area contributed by atoms with Gasteiger partial charge in [0.25, 0.3) is 0 Å². The fourth-order valence-corrected chi connectivity index (χ4v) is 2.34. The van der Waals surface area contributed by atoms with E-state index < -0.39 is 0 Å². The van der Waals surface area contributed by atoms with Crippen LogP contribution in [0.3, 0.4) is 0 Å². The molecule has 2 unspecified atom stereocenters. The lowest BCUT2D eigenvalue weighted by atomic mass is 9.97. The van der Waals surface area contributed by atoms with Crippen molar-refractivity contribution >= 4 is 0 Å². The molecule has 1 aliphatic rings. The van der Waals surface area contributed by atoms with Crippen molar-refractivity contribution in [3.05, 3.63) is 12.2 Å². The van der Waals surface area contributed by atoms with Crippen molar-refractivity contribution in [2.24, 2.45) is 0 Å². The molecule has 1 aliphatic heterocycles. The van der Waals surface area contributed by atoms with Gasteiger partial charge >= 0.3 is 0 Å². The largest absolute Gasteiger partial charge is 0.314 e. The van der Waals surface area contributed by atoms with E-state index in [1.165, 1.54) is 31.4 Å². The van der Waals surface area contributed by atoms with Crippen LogP contribution in [-0.2, 0) is 0 Å². The van der Waals surface area contributed by atoms with Gasteiger partial charge in [-0.2, -0.15) is 0 Å². The smallest absolute Gasteiger partial charge is 0.0190 e. The first-order valence-electron chi connectivity index (χ1n) is 6.25. The van der Waals surface area contributed by atoms with Crippen molar-refractivity contribution in [3.63, 3.8) is 0 Å². The average molecular weight is 210 g/mol. The van der Waals surface area contributed by atoms with Crippen LogP contribution in [-0.4, -0.2) is 36.6 Å². The number of likely N-dealkylation sites (tertiary alicyclic amines) is 1. The molecule has 15 heavy (non-hydrogen) atoms. The second kappa shape index (κ2) is 6.29. The lowest BCUT2D eigenvalue weighted by Crippen LogP contribution is -2.47. The van der Waals surface area contributed by atoms with Crippen molar-refractivity contribution in [3.8, 4) is 0 Å². The first-order valence-corrected chi connectivity index (χ1v) is 6.25. The molecular formula is C13H26N2. The Balaban J connectivity index is 2.30. The van der Waals surface area contributed by atoms with Crippen molar-refractivity contribution in [1.29, 1.82) is 0 Å². The van der Waals surface area contributed by atoms with E-state index in [9.17, 15) is 0 Å². The van der Waals surface area contributed by atoms with Gasteiger partial charge in [-0.25, -0.2) is 0 Å². The zero-order chi connectivity index (χ0) is 11.3. The zero-order valence-electron chi connectivity index (χ0n) is 10.6. The van der Waals surface area contributed by atoms with Gasteiger partial charge in [-0.3, -0.25) is 4.90 Å². The third kappa shape index (κ3) is 4.35. The van der Waals surface area contributed by atoms with Crippen molar-refractivity contribution in [2.75, 3.05) is 19.6 Å². The number of hydrogen-bond acceptors (Lipinski definition) is 2. The molecule has 0 saturated carbocycles. The molecule has 0 aromatic rings. The van der Waals surface area contributed by atoms with Crippen LogP contribution < -0.4 is 5.32 Å². The highest BCUT2D eigenvalue weighted by atomic mass is 15.2. The molecule has 0 bridgehead atoms. The van der Waals surface area contributed by atoms with E-state index in [1.807, 2.05) is 0 Å². The van der Waals surface area contributed by atoms with Crippen LogP contribution in [0.15, 0.2) is 12.2 Å². The van der Waals surface area contributed by atoms with Crippen LogP contribution >= 0.6 is 0 Å². The molecule has 1 fully saturated rings. The fourth-order valence-electron chi connectivity index (χ4n) is 2.34. The Hall–Kier alpha value is -0.340. The SMILES string of the molecule is C=C(C)CN1CCC(NCCC)CC1C. The summed E-state index contributed by atoms with van der Waals surface area (Å²) in [5.74, 6) is 0. The zero-order valence-corrected chi connectivity index (χ0v) is 10.6. The predicted octanol–water partition coefficient (Wildman–Crippen LogP) is 2.42. The van der Waals surface area contributed by atoms with Crippen LogP contribution in [0.5, 0.6) is 0 Å². The van der Waals surface area contributed by atoms with Crippen LogP contribution in [0.2, 0.25) is 0 Å². The molecule has 0 radical (unpaired) electrons. The summed E-state index contributed by atoms with van der Waals surface area (Å²) in [4.78, 5) is 2.55. The van der Waals surface area contributed by atoms with E-state index in [-0.39, 0.29) is 0 Å². The summed E-state index contributed by atoms with van der Waals surface area (Å²) in [7, 11) is 0. The highest BCUT2D eigenvalue weighted by Gasteiger charge is 2.24. The average Bonchev–Trinajstić information content (AvgIpc) is 2.18. The Morgan fingerprint density at radius 3 is 2.80 bits per heavy atom. The molecule has 2 heteroatoms. The first kappa shape index (κ1) is 12.7. The summed E-state index contributed by atoms with van der Waals surface area (Å²) in [6.45, 7) is 14.1. The molecule has 0 aromatic heterocycles. The molecular weight excluding hydrogens is 184 g/mol. The van der Waals surface area contributed by atoms with Gasteiger partial charge in [0.15, 0.2) is 0 Å². The van der Waals surface area contributed by atoms with Gasteiger partial charge in [0.05, 0.1) is 0 Å². The van der Waals surface area contributed by atoms with Gasteiger partial charge in [-0.15, -0.1) is 0 Å². The molecule has 1 rings (SSSR count). The minimum absolute atomic E-state index is 0.699. The fraction of sp³-hybridized carbons (Fsp3) is 0.846. The molecule has 0 aromatic carbocycles. The summed E-state index contributed by atoms with van der Waals surface area (Å²) in [5, 5.41) is 3.63. The maximum atomic E-state index is 3.99. The second-order valence-corrected chi connectivity index (χ2v) is 4.95. The van der Waals surface area contributed by atoms with Gasteiger partial charge in [-0.05, 0) is 39.7 Å². The van der Waals surface area contributed by atoms with E-state index in [1.54, 1.807) is 0 Å². The standard InChI is InChI=1S/C13H26N2/c1-5-7-14-13-6-8-15(10-11(2)3)12(4)9-13/h12-14H,2,5-10H2,1,3-4H3. The van der Waals surface area contributed by atoms with E-state index in [0.29, 0.717) is 6.04 Å².